The van der Waals surface area contributed by atoms with E-state index in [9.17, 15) is 4.79 Å². The Hall–Kier alpha value is -0.570. The molecule has 2 aliphatic rings. The van der Waals surface area contributed by atoms with Crippen LogP contribution in [0.3, 0.4) is 0 Å². The number of carbonyl (C=O) groups is 1. The lowest BCUT2D eigenvalue weighted by molar-refractivity contribution is -0.128. The third-order valence-corrected chi connectivity index (χ3v) is 3.71. The lowest BCUT2D eigenvalue weighted by Gasteiger charge is -2.17. The van der Waals surface area contributed by atoms with Crippen LogP contribution in [0, 0.1) is 17.3 Å². The second-order valence-corrected chi connectivity index (χ2v) is 5.44. The summed E-state index contributed by atoms with van der Waals surface area (Å²) in [7, 11) is 0. The van der Waals surface area contributed by atoms with Crippen LogP contribution in [0.15, 0.2) is 0 Å². The largest absolute Gasteiger partial charge is 0.396 e. The van der Waals surface area contributed by atoms with E-state index in [0.717, 1.165) is 13.1 Å². The predicted molar refractivity (Wildman–Crippen MR) is 53.7 cm³/mol. The van der Waals surface area contributed by atoms with Gasteiger partial charge in [-0.25, -0.2) is 0 Å². The van der Waals surface area contributed by atoms with Gasteiger partial charge in [-0.1, -0.05) is 13.8 Å². The summed E-state index contributed by atoms with van der Waals surface area (Å²) in [6.45, 7) is 6.32. The topological polar surface area (TPSA) is 40.5 Å². The van der Waals surface area contributed by atoms with Gasteiger partial charge < -0.3 is 10.0 Å². The molecule has 1 amide bonds. The molecular weight excluding hydrogens is 178 g/mol. The van der Waals surface area contributed by atoms with Crippen LogP contribution in [0.5, 0.6) is 0 Å². The highest BCUT2D eigenvalue weighted by molar-refractivity contribution is 5.78. The van der Waals surface area contributed by atoms with E-state index in [1.54, 1.807) is 0 Å². The van der Waals surface area contributed by atoms with Crippen molar-refractivity contribution < 1.29 is 9.90 Å². The monoisotopic (exact) mass is 197 g/mol. The molecule has 80 valence electrons. The number of amides is 1. The summed E-state index contributed by atoms with van der Waals surface area (Å²) in [6.07, 6.45) is 1.78. The van der Waals surface area contributed by atoms with Gasteiger partial charge in [-0.05, 0) is 17.8 Å². The minimum Gasteiger partial charge on any atom is -0.396 e. The maximum absolute atomic E-state index is 11.5. The summed E-state index contributed by atoms with van der Waals surface area (Å²) in [4.78, 5) is 13.5. The van der Waals surface area contributed by atoms with E-state index in [-0.39, 0.29) is 18.4 Å². The quantitative estimate of drug-likeness (QED) is 0.729. The van der Waals surface area contributed by atoms with E-state index in [2.05, 4.69) is 13.8 Å². The van der Waals surface area contributed by atoms with Crippen LogP contribution < -0.4 is 0 Å². The van der Waals surface area contributed by atoms with Gasteiger partial charge in [0.1, 0.15) is 0 Å². The van der Waals surface area contributed by atoms with Crippen LogP contribution in [-0.4, -0.2) is 35.6 Å². The van der Waals surface area contributed by atoms with Crippen molar-refractivity contribution in [2.45, 2.75) is 26.7 Å². The normalized spacial score (nSPS) is 35.1. The highest BCUT2D eigenvalue weighted by Crippen LogP contribution is 2.52. The summed E-state index contributed by atoms with van der Waals surface area (Å²) < 4.78 is 0. The Bertz CT molecular complexity index is 250. The second-order valence-electron chi connectivity index (χ2n) is 5.44. The molecule has 1 aliphatic carbocycles. The smallest absolute Gasteiger partial charge is 0.223 e. The van der Waals surface area contributed by atoms with Crippen molar-refractivity contribution in [1.29, 1.82) is 0 Å². The van der Waals surface area contributed by atoms with Gasteiger partial charge in [-0.15, -0.1) is 0 Å². The van der Waals surface area contributed by atoms with Crippen molar-refractivity contribution in [1.82, 2.24) is 4.90 Å². The first-order valence-electron chi connectivity index (χ1n) is 5.41. The number of carbonyl (C=O) groups excluding carboxylic acids is 1. The summed E-state index contributed by atoms with van der Waals surface area (Å²) in [6, 6.07) is 0. The molecule has 2 unspecified atom stereocenters. The number of rotatable bonds is 3. The van der Waals surface area contributed by atoms with Crippen molar-refractivity contribution in [3.8, 4) is 0 Å². The van der Waals surface area contributed by atoms with Gasteiger partial charge in [-0.2, -0.15) is 0 Å². The fraction of sp³-hybridized carbons (Fsp3) is 0.909. The first-order valence-corrected chi connectivity index (χ1v) is 5.41. The maximum Gasteiger partial charge on any atom is 0.223 e. The molecule has 1 saturated carbocycles. The van der Waals surface area contributed by atoms with Gasteiger partial charge in [0.15, 0.2) is 0 Å². The average Bonchev–Trinajstić information content (AvgIpc) is 2.55. The zero-order chi connectivity index (χ0) is 10.3. The zero-order valence-electron chi connectivity index (χ0n) is 8.99. The van der Waals surface area contributed by atoms with E-state index < -0.39 is 0 Å². The third kappa shape index (κ3) is 1.78. The van der Waals surface area contributed by atoms with E-state index in [1.165, 1.54) is 6.42 Å². The number of hydrogen-bond acceptors (Lipinski definition) is 2. The molecule has 0 aromatic heterocycles. The average molecular weight is 197 g/mol. The Balaban J connectivity index is 1.85. The Labute approximate surface area is 85.1 Å². The van der Waals surface area contributed by atoms with Gasteiger partial charge in [0, 0.05) is 32.0 Å². The molecule has 3 heteroatoms. The maximum atomic E-state index is 11.5. The summed E-state index contributed by atoms with van der Waals surface area (Å²) in [5, 5.41) is 8.98. The summed E-state index contributed by atoms with van der Waals surface area (Å²) in [5.41, 5.74) is 0.442. The fourth-order valence-electron chi connectivity index (χ4n) is 2.31. The van der Waals surface area contributed by atoms with Gasteiger partial charge in [-0.3, -0.25) is 4.79 Å². The molecule has 1 aliphatic heterocycles. The van der Waals surface area contributed by atoms with Crippen LogP contribution in [0.25, 0.3) is 0 Å². The molecule has 2 fully saturated rings. The lowest BCUT2D eigenvalue weighted by atomic mass is 10.1. The summed E-state index contributed by atoms with van der Waals surface area (Å²) in [5.74, 6) is 1.10. The van der Waals surface area contributed by atoms with Crippen LogP contribution in [0.4, 0.5) is 0 Å². The fourth-order valence-corrected chi connectivity index (χ4v) is 2.31. The van der Waals surface area contributed by atoms with Crippen molar-refractivity contribution in [2.75, 3.05) is 19.7 Å². The Morgan fingerprint density at radius 3 is 2.64 bits per heavy atom. The first kappa shape index (κ1) is 9.97. The highest BCUT2D eigenvalue weighted by Gasteiger charge is 2.47. The van der Waals surface area contributed by atoms with Gasteiger partial charge >= 0.3 is 0 Å². The standard InChI is InChI=1S/C11H19NO2/c1-11(2)4-9(11)6-12-5-8(7-13)3-10(12)14/h8-9,13H,3-7H2,1-2H3. The van der Waals surface area contributed by atoms with Crippen molar-refractivity contribution in [2.24, 2.45) is 17.3 Å². The first-order chi connectivity index (χ1) is 6.53. The van der Waals surface area contributed by atoms with Gasteiger partial charge in [0.05, 0.1) is 0 Å². The minimum atomic E-state index is 0.149. The van der Waals surface area contributed by atoms with Crippen LogP contribution in [0.1, 0.15) is 26.7 Å². The molecule has 3 nitrogen and oxygen atoms in total. The van der Waals surface area contributed by atoms with E-state index in [0.29, 0.717) is 17.8 Å². The molecule has 1 heterocycles. The second kappa shape index (κ2) is 3.23. The number of aliphatic hydroxyl groups excluding tert-OH is 1. The van der Waals surface area contributed by atoms with E-state index in [4.69, 9.17) is 5.11 Å². The molecule has 0 bridgehead atoms. The van der Waals surface area contributed by atoms with Crippen LogP contribution in [-0.2, 0) is 4.79 Å². The van der Waals surface area contributed by atoms with Crippen LogP contribution >= 0.6 is 0 Å². The number of likely N-dealkylation sites (tertiary alicyclic amines) is 1. The van der Waals surface area contributed by atoms with E-state index >= 15 is 0 Å². The van der Waals surface area contributed by atoms with Crippen molar-refractivity contribution in [3.05, 3.63) is 0 Å². The molecule has 0 aromatic rings. The van der Waals surface area contributed by atoms with Gasteiger partial charge in [0.2, 0.25) is 5.91 Å². The third-order valence-electron chi connectivity index (χ3n) is 3.71. The molecule has 2 rings (SSSR count). The molecule has 0 aromatic carbocycles. The van der Waals surface area contributed by atoms with Crippen molar-refractivity contribution >= 4 is 5.91 Å². The number of aliphatic hydroxyl groups is 1. The molecule has 0 radical (unpaired) electrons. The minimum absolute atomic E-state index is 0.149. The number of nitrogens with zero attached hydrogens (tertiary/aromatic N) is 1. The Morgan fingerprint density at radius 1 is 1.57 bits per heavy atom. The molecule has 14 heavy (non-hydrogen) atoms. The Kier molecular flexibility index (Phi) is 2.30. The lowest BCUT2D eigenvalue weighted by Crippen LogP contribution is -2.28. The molecule has 1 saturated heterocycles. The van der Waals surface area contributed by atoms with Crippen LogP contribution in [0.2, 0.25) is 0 Å². The molecule has 2 atom stereocenters. The summed E-state index contributed by atoms with van der Waals surface area (Å²) >= 11 is 0. The van der Waals surface area contributed by atoms with Crippen molar-refractivity contribution in [3.63, 3.8) is 0 Å². The Morgan fingerprint density at radius 2 is 2.21 bits per heavy atom. The predicted octanol–water partition coefficient (Wildman–Crippen LogP) is 0.873. The zero-order valence-corrected chi connectivity index (χ0v) is 8.99. The molecular formula is C11H19NO2. The van der Waals surface area contributed by atoms with Gasteiger partial charge in [0.25, 0.3) is 0 Å². The molecule has 0 spiro atoms. The highest BCUT2D eigenvalue weighted by atomic mass is 16.3. The van der Waals surface area contributed by atoms with E-state index in [1.807, 2.05) is 4.90 Å². The number of hydrogen-bond donors (Lipinski definition) is 1. The SMILES string of the molecule is CC1(C)CC1CN1CC(CO)CC1=O. The molecule has 1 N–H and O–H groups in total.